The van der Waals surface area contributed by atoms with Crippen molar-refractivity contribution in [2.24, 2.45) is 0 Å². The van der Waals surface area contributed by atoms with Crippen LogP contribution in [-0.2, 0) is 6.61 Å². The molecule has 2 aromatic rings. The molecular formula is C18H19FO3. The molecule has 3 nitrogen and oxygen atoms in total. The summed E-state index contributed by atoms with van der Waals surface area (Å²) in [5.41, 5.74) is 1.75. The SMILES string of the molecule is CC=Cc1ccc(OCc2ccc(OC)c(F)c2)c(OC)c1. The van der Waals surface area contributed by atoms with Crippen molar-refractivity contribution in [2.75, 3.05) is 14.2 Å². The molecule has 0 N–H and O–H groups in total. The summed E-state index contributed by atoms with van der Waals surface area (Å²) < 4.78 is 29.6. The predicted molar refractivity (Wildman–Crippen MR) is 85.0 cm³/mol. The average molecular weight is 302 g/mol. The Morgan fingerprint density at radius 3 is 2.32 bits per heavy atom. The van der Waals surface area contributed by atoms with Crippen molar-refractivity contribution < 1.29 is 18.6 Å². The Hall–Kier alpha value is -2.49. The van der Waals surface area contributed by atoms with Gasteiger partial charge in [-0.05, 0) is 42.3 Å². The molecule has 0 heterocycles. The Bertz CT molecular complexity index is 665. The van der Waals surface area contributed by atoms with Crippen LogP contribution in [0.5, 0.6) is 17.2 Å². The summed E-state index contributed by atoms with van der Waals surface area (Å²) in [6.45, 7) is 2.20. The molecule has 0 spiro atoms. The zero-order valence-corrected chi connectivity index (χ0v) is 12.9. The lowest BCUT2D eigenvalue weighted by Crippen LogP contribution is -1.99. The molecule has 2 aromatic carbocycles. The number of allylic oxidation sites excluding steroid dienone is 1. The van der Waals surface area contributed by atoms with E-state index >= 15 is 0 Å². The molecule has 0 aliphatic carbocycles. The van der Waals surface area contributed by atoms with Gasteiger partial charge in [-0.1, -0.05) is 24.3 Å². The Labute approximate surface area is 129 Å². The lowest BCUT2D eigenvalue weighted by Gasteiger charge is -2.12. The Morgan fingerprint density at radius 1 is 0.955 bits per heavy atom. The van der Waals surface area contributed by atoms with Gasteiger partial charge in [-0.25, -0.2) is 4.39 Å². The van der Waals surface area contributed by atoms with Crippen LogP contribution in [0.25, 0.3) is 6.08 Å². The second-order valence-corrected chi connectivity index (χ2v) is 4.67. The lowest BCUT2D eigenvalue weighted by atomic mass is 10.2. The first-order chi connectivity index (χ1) is 10.7. The smallest absolute Gasteiger partial charge is 0.165 e. The number of ether oxygens (including phenoxy) is 3. The van der Waals surface area contributed by atoms with Crippen molar-refractivity contribution in [1.82, 2.24) is 0 Å². The fourth-order valence-corrected chi connectivity index (χ4v) is 2.06. The molecule has 0 aliphatic rings. The van der Waals surface area contributed by atoms with Gasteiger partial charge in [0.15, 0.2) is 23.1 Å². The minimum Gasteiger partial charge on any atom is -0.494 e. The van der Waals surface area contributed by atoms with Gasteiger partial charge in [-0.2, -0.15) is 0 Å². The quantitative estimate of drug-likeness (QED) is 0.788. The van der Waals surface area contributed by atoms with Gasteiger partial charge in [0.25, 0.3) is 0 Å². The van der Waals surface area contributed by atoms with Crippen molar-refractivity contribution in [2.45, 2.75) is 13.5 Å². The Balaban J connectivity index is 2.12. The highest BCUT2D eigenvalue weighted by molar-refractivity contribution is 5.55. The van der Waals surface area contributed by atoms with Crippen LogP contribution in [0.15, 0.2) is 42.5 Å². The molecular weight excluding hydrogens is 283 g/mol. The van der Waals surface area contributed by atoms with Gasteiger partial charge < -0.3 is 14.2 Å². The molecule has 0 fully saturated rings. The number of rotatable bonds is 6. The first-order valence-corrected chi connectivity index (χ1v) is 6.94. The van der Waals surface area contributed by atoms with Crippen molar-refractivity contribution >= 4 is 6.08 Å². The third-order valence-corrected chi connectivity index (χ3v) is 3.16. The molecule has 0 bridgehead atoms. The largest absolute Gasteiger partial charge is 0.494 e. The molecule has 4 heteroatoms. The summed E-state index contributed by atoms with van der Waals surface area (Å²) in [4.78, 5) is 0. The monoisotopic (exact) mass is 302 g/mol. The number of benzene rings is 2. The summed E-state index contributed by atoms with van der Waals surface area (Å²) in [7, 11) is 3.03. The zero-order chi connectivity index (χ0) is 15.9. The van der Waals surface area contributed by atoms with Crippen LogP contribution >= 0.6 is 0 Å². The van der Waals surface area contributed by atoms with E-state index in [-0.39, 0.29) is 12.4 Å². The molecule has 0 aromatic heterocycles. The molecule has 22 heavy (non-hydrogen) atoms. The van der Waals surface area contributed by atoms with E-state index < -0.39 is 5.82 Å². The fourth-order valence-electron chi connectivity index (χ4n) is 2.06. The zero-order valence-electron chi connectivity index (χ0n) is 12.9. The highest BCUT2D eigenvalue weighted by Crippen LogP contribution is 2.29. The number of hydrogen-bond donors (Lipinski definition) is 0. The van der Waals surface area contributed by atoms with Crippen molar-refractivity contribution in [3.63, 3.8) is 0 Å². The Morgan fingerprint density at radius 2 is 1.68 bits per heavy atom. The molecule has 0 atom stereocenters. The van der Waals surface area contributed by atoms with Gasteiger partial charge in [0.2, 0.25) is 0 Å². The second kappa shape index (κ2) is 7.50. The number of halogens is 1. The van der Waals surface area contributed by atoms with Gasteiger partial charge in [0.05, 0.1) is 14.2 Å². The minimum absolute atomic E-state index is 0.219. The summed E-state index contributed by atoms with van der Waals surface area (Å²) >= 11 is 0. The third kappa shape index (κ3) is 3.79. The lowest BCUT2D eigenvalue weighted by molar-refractivity contribution is 0.283. The molecule has 0 radical (unpaired) electrons. The van der Waals surface area contributed by atoms with E-state index in [1.807, 2.05) is 37.3 Å². The van der Waals surface area contributed by atoms with Crippen LogP contribution in [0.3, 0.4) is 0 Å². The third-order valence-electron chi connectivity index (χ3n) is 3.16. The maximum atomic E-state index is 13.6. The normalized spacial score (nSPS) is 10.7. The standard InChI is InChI=1S/C18H19FO3/c1-4-5-13-6-9-17(18(11-13)21-3)22-12-14-7-8-16(20-2)15(19)10-14/h4-11H,12H2,1-3H3. The number of hydrogen-bond acceptors (Lipinski definition) is 3. The molecule has 2 rings (SSSR count). The topological polar surface area (TPSA) is 27.7 Å². The van der Waals surface area contributed by atoms with Gasteiger partial charge in [0.1, 0.15) is 6.61 Å². The molecule has 116 valence electrons. The van der Waals surface area contributed by atoms with Crippen LogP contribution < -0.4 is 14.2 Å². The first kappa shape index (κ1) is 15.9. The van der Waals surface area contributed by atoms with Crippen LogP contribution in [0.1, 0.15) is 18.1 Å². The van der Waals surface area contributed by atoms with Gasteiger partial charge in [-0.15, -0.1) is 0 Å². The second-order valence-electron chi connectivity index (χ2n) is 4.67. The van der Waals surface area contributed by atoms with E-state index in [9.17, 15) is 4.39 Å². The van der Waals surface area contributed by atoms with E-state index in [1.54, 1.807) is 19.2 Å². The van der Waals surface area contributed by atoms with Crippen molar-refractivity contribution in [1.29, 1.82) is 0 Å². The molecule has 0 saturated heterocycles. The maximum Gasteiger partial charge on any atom is 0.165 e. The minimum atomic E-state index is -0.404. The highest BCUT2D eigenvalue weighted by atomic mass is 19.1. The Kier molecular flexibility index (Phi) is 5.42. The molecule has 0 amide bonds. The van der Waals surface area contributed by atoms with E-state index in [4.69, 9.17) is 14.2 Å². The fraction of sp³-hybridized carbons (Fsp3) is 0.222. The van der Waals surface area contributed by atoms with E-state index in [1.165, 1.54) is 13.2 Å². The van der Waals surface area contributed by atoms with Crippen LogP contribution in [0.4, 0.5) is 4.39 Å². The highest BCUT2D eigenvalue weighted by Gasteiger charge is 2.07. The maximum absolute atomic E-state index is 13.6. The van der Waals surface area contributed by atoms with Gasteiger partial charge in [0, 0.05) is 0 Å². The first-order valence-electron chi connectivity index (χ1n) is 6.94. The van der Waals surface area contributed by atoms with E-state index in [0.717, 1.165) is 11.1 Å². The van der Waals surface area contributed by atoms with Crippen LogP contribution in [0, 0.1) is 5.82 Å². The summed E-state index contributed by atoms with van der Waals surface area (Å²) in [5.74, 6) is 1.08. The van der Waals surface area contributed by atoms with Gasteiger partial charge >= 0.3 is 0 Å². The van der Waals surface area contributed by atoms with E-state index in [2.05, 4.69) is 0 Å². The summed E-state index contributed by atoms with van der Waals surface area (Å²) in [6.07, 6.45) is 3.93. The molecule has 0 aliphatic heterocycles. The van der Waals surface area contributed by atoms with Crippen LogP contribution in [-0.4, -0.2) is 14.2 Å². The van der Waals surface area contributed by atoms with Gasteiger partial charge in [-0.3, -0.25) is 0 Å². The average Bonchev–Trinajstić information content (AvgIpc) is 2.54. The summed E-state index contributed by atoms with van der Waals surface area (Å²) in [6, 6.07) is 10.4. The molecule has 0 unspecified atom stereocenters. The number of methoxy groups -OCH3 is 2. The van der Waals surface area contributed by atoms with Crippen LogP contribution in [0.2, 0.25) is 0 Å². The van der Waals surface area contributed by atoms with Crippen molar-refractivity contribution in [3.8, 4) is 17.2 Å². The van der Waals surface area contributed by atoms with Crippen molar-refractivity contribution in [3.05, 3.63) is 59.4 Å². The molecule has 0 saturated carbocycles. The summed E-state index contributed by atoms with van der Waals surface area (Å²) in [5, 5.41) is 0. The van der Waals surface area contributed by atoms with E-state index in [0.29, 0.717) is 11.5 Å². The predicted octanol–water partition coefficient (Wildman–Crippen LogP) is 4.46.